The van der Waals surface area contributed by atoms with E-state index in [0.717, 1.165) is 18.5 Å². The van der Waals surface area contributed by atoms with Crippen molar-refractivity contribution < 1.29 is 19.1 Å². The monoisotopic (exact) mass is 290 g/mol. The predicted octanol–water partition coefficient (Wildman–Crippen LogP) is 0.706. The number of carbonyl (C=O) groups is 2. The molecule has 2 unspecified atom stereocenters. The van der Waals surface area contributed by atoms with Gasteiger partial charge in [0.1, 0.15) is 11.9 Å². The van der Waals surface area contributed by atoms with E-state index in [4.69, 9.17) is 9.47 Å². The van der Waals surface area contributed by atoms with E-state index in [1.165, 1.54) is 0 Å². The fourth-order valence-electron chi connectivity index (χ4n) is 2.59. The minimum Gasteiger partial charge on any atom is -0.477 e. The quantitative estimate of drug-likeness (QED) is 0.890. The zero-order valence-corrected chi connectivity index (χ0v) is 11.9. The third-order valence-electron chi connectivity index (χ3n) is 3.79. The van der Waals surface area contributed by atoms with Gasteiger partial charge in [0, 0.05) is 13.7 Å². The first kappa shape index (κ1) is 13.9. The van der Waals surface area contributed by atoms with Crippen LogP contribution in [-0.2, 0) is 14.3 Å². The van der Waals surface area contributed by atoms with Gasteiger partial charge in [-0.15, -0.1) is 0 Å². The number of ether oxygens (including phenoxy) is 2. The Labute approximate surface area is 123 Å². The third-order valence-corrected chi connectivity index (χ3v) is 3.79. The first-order chi connectivity index (χ1) is 10.2. The van der Waals surface area contributed by atoms with Crippen molar-refractivity contribution in [3.8, 4) is 5.75 Å². The highest BCUT2D eigenvalue weighted by Crippen LogP contribution is 2.32. The largest absolute Gasteiger partial charge is 0.477 e. The van der Waals surface area contributed by atoms with Gasteiger partial charge in [0.15, 0.2) is 6.10 Å². The maximum Gasteiger partial charge on any atom is 0.269 e. The average molecular weight is 290 g/mol. The molecule has 2 aliphatic rings. The second-order valence-electron chi connectivity index (χ2n) is 5.22. The molecule has 1 saturated heterocycles. The molecule has 6 heteroatoms. The summed E-state index contributed by atoms with van der Waals surface area (Å²) in [6.07, 6.45) is 0.533. The van der Waals surface area contributed by atoms with Gasteiger partial charge < -0.3 is 19.7 Å². The molecule has 0 spiro atoms. The van der Waals surface area contributed by atoms with Gasteiger partial charge >= 0.3 is 0 Å². The predicted molar refractivity (Wildman–Crippen MR) is 76.3 cm³/mol. The van der Waals surface area contributed by atoms with Crippen LogP contribution in [0.4, 0.5) is 5.69 Å². The Hall–Kier alpha value is -2.08. The lowest BCUT2D eigenvalue weighted by atomic mass is 10.2. The van der Waals surface area contributed by atoms with Gasteiger partial charge in [0.2, 0.25) is 5.91 Å². The molecule has 6 nitrogen and oxygen atoms in total. The minimum atomic E-state index is -0.699. The maximum absolute atomic E-state index is 12.2. The van der Waals surface area contributed by atoms with Crippen LogP contribution in [0.25, 0.3) is 0 Å². The van der Waals surface area contributed by atoms with E-state index >= 15 is 0 Å². The molecule has 2 amide bonds. The van der Waals surface area contributed by atoms with Crippen LogP contribution >= 0.6 is 0 Å². The Kier molecular flexibility index (Phi) is 3.79. The molecule has 1 fully saturated rings. The van der Waals surface area contributed by atoms with Crippen molar-refractivity contribution in [1.82, 2.24) is 5.32 Å². The van der Waals surface area contributed by atoms with Crippen molar-refractivity contribution in [3.05, 3.63) is 24.3 Å². The normalized spacial score (nSPS) is 24.4. The highest BCUT2D eigenvalue weighted by atomic mass is 16.5. The number of fused-ring (bicyclic) bond motifs is 1. The summed E-state index contributed by atoms with van der Waals surface area (Å²) in [7, 11) is 1.71. The SMILES string of the molecule is CN1C(=O)C(CNC(=O)C2CCCO2)Oc2ccccc21. The minimum absolute atomic E-state index is 0.149. The van der Waals surface area contributed by atoms with E-state index in [-0.39, 0.29) is 18.4 Å². The average Bonchev–Trinajstić information content (AvgIpc) is 3.03. The van der Waals surface area contributed by atoms with Gasteiger partial charge in [0.25, 0.3) is 5.91 Å². The van der Waals surface area contributed by atoms with E-state index < -0.39 is 12.2 Å². The Morgan fingerprint density at radius 3 is 3.00 bits per heavy atom. The molecule has 0 aromatic heterocycles. The molecule has 3 rings (SSSR count). The molecule has 2 heterocycles. The summed E-state index contributed by atoms with van der Waals surface area (Å²) in [5.74, 6) is 0.308. The number of para-hydroxylation sites is 2. The summed E-state index contributed by atoms with van der Waals surface area (Å²) >= 11 is 0. The maximum atomic E-state index is 12.2. The fraction of sp³-hybridized carbons (Fsp3) is 0.467. The Morgan fingerprint density at radius 2 is 2.24 bits per heavy atom. The molecule has 1 aromatic rings. The fourth-order valence-corrected chi connectivity index (χ4v) is 2.59. The lowest BCUT2D eigenvalue weighted by Crippen LogP contribution is -2.50. The second kappa shape index (κ2) is 5.73. The molecule has 2 atom stereocenters. The van der Waals surface area contributed by atoms with Crippen molar-refractivity contribution in [2.45, 2.75) is 25.0 Å². The molecule has 0 saturated carbocycles. The number of rotatable bonds is 3. The zero-order chi connectivity index (χ0) is 14.8. The van der Waals surface area contributed by atoms with Crippen LogP contribution in [0.1, 0.15) is 12.8 Å². The van der Waals surface area contributed by atoms with E-state index in [1.807, 2.05) is 24.3 Å². The molecular formula is C15H18N2O4. The molecule has 112 valence electrons. The molecule has 2 aliphatic heterocycles. The summed E-state index contributed by atoms with van der Waals surface area (Å²) < 4.78 is 11.0. The van der Waals surface area contributed by atoms with E-state index in [1.54, 1.807) is 11.9 Å². The van der Waals surface area contributed by atoms with Gasteiger partial charge in [0.05, 0.1) is 12.2 Å². The standard InChI is InChI=1S/C15H18N2O4/c1-17-10-5-2-3-6-11(10)21-13(15(17)19)9-16-14(18)12-7-4-8-20-12/h2-3,5-6,12-13H,4,7-9H2,1H3,(H,16,18). The zero-order valence-electron chi connectivity index (χ0n) is 11.9. The third kappa shape index (κ3) is 2.71. The van der Waals surface area contributed by atoms with E-state index in [9.17, 15) is 9.59 Å². The molecular weight excluding hydrogens is 272 g/mol. The van der Waals surface area contributed by atoms with Crippen LogP contribution in [0.3, 0.4) is 0 Å². The van der Waals surface area contributed by atoms with Crippen molar-refractivity contribution >= 4 is 17.5 Å². The van der Waals surface area contributed by atoms with Crippen molar-refractivity contribution in [1.29, 1.82) is 0 Å². The van der Waals surface area contributed by atoms with Crippen LogP contribution in [0.15, 0.2) is 24.3 Å². The molecule has 0 radical (unpaired) electrons. The van der Waals surface area contributed by atoms with Gasteiger partial charge in [-0.1, -0.05) is 12.1 Å². The molecule has 1 N–H and O–H groups in total. The molecule has 0 aliphatic carbocycles. The van der Waals surface area contributed by atoms with Gasteiger partial charge in [-0.3, -0.25) is 9.59 Å². The Balaban J connectivity index is 1.64. The molecule has 0 bridgehead atoms. The number of amides is 2. The lowest BCUT2D eigenvalue weighted by Gasteiger charge is -2.32. The van der Waals surface area contributed by atoms with Crippen molar-refractivity contribution in [3.63, 3.8) is 0 Å². The number of anilines is 1. The summed E-state index contributed by atoms with van der Waals surface area (Å²) in [5, 5.41) is 2.74. The number of carbonyl (C=O) groups excluding carboxylic acids is 2. The van der Waals surface area contributed by atoms with Crippen LogP contribution in [0.2, 0.25) is 0 Å². The van der Waals surface area contributed by atoms with E-state index in [2.05, 4.69) is 5.32 Å². The van der Waals surface area contributed by atoms with Crippen molar-refractivity contribution in [2.24, 2.45) is 0 Å². The number of hydrogen-bond donors (Lipinski definition) is 1. The van der Waals surface area contributed by atoms with Gasteiger partial charge in [-0.25, -0.2) is 0 Å². The second-order valence-corrected chi connectivity index (χ2v) is 5.22. The summed E-state index contributed by atoms with van der Waals surface area (Å²) in [6.45, 7) is 0.767. The number of hydrogen-bond acceptors (Lipinski definition) is 4. The highest BCUT2D eigenvalue weighted by Gasteiger charge is 2.33. The summed E-state index contributed by atoms with van der Waals surface area (Å²) in [5.41, 5.74) is 0.740. The number of nitrogens with zero attached hydrogens (tertiary/aromatic N) is 1. The first-order valence-corrected chi connectivity index (χ1v) is 7.09. The summed E-state index contributed by atoms with van der Waals surface area (Å²) in [4.78, 5) is 25.7. The van der Waals surface area contributed by atoms with Crippen LogP contribution in [0.5, 0.6) is 5.75 Å². The van der Waals surface area contributed by atoms with Crippen LogP contribution in [-0.4, -0.2) is 44.2 Å². The highest BCUT2D eigenvalue weighted by molar-refractivity contribution is 6.00. The van der Waals surface area contributed by atoms with Crippen molar-refractivity contribution in [2.75, 3.05) is 25.1 Å². The number of likely N-dealkylation sites (N-methyl/N-ethyl adjacent to an activating group) is 1. The first-order valence-electron chi connectivity index (χ1n) is 7.09. The molecule has 1 aromatic carbocycles. The van der Waals surface area contributed by atoms with Crippen LogP contribution in [0, 0.1) is 0 Å². The Bertz CT molecular complexity index is 554. The van der Waals surface area contributed by atoms with Gasteiger partial charge in [-0.2, -0.15) is 0 Å². The van der Waals surface area contributed by atoms with Crippen LogP contribution < -0.4 is 15.0 Å². The molecule has 21 heavy (non-hydrogen) atoms. The summed E-state index contributed by atoms with van der Waals surface area (Å²) in [6, 6.07) is 7.34. The number of nitrogens with one attached hydrogen (secondary N) is 1. The Morgan fingerprint density at radius 1 is 1.43 bits per heavy atom. The topological polar surface area (TPSA) is 67.9 Å². The smallest absolute Gasteiger partial charge is 0.269 e. The lowest BCUT2D eigenvalue weighted by molar-refractivity contribution is -0.131. The number of benzene rings is 1. The van der Waals surface area contributed by atoms with E-state index in [0.29, 0.717) is 12.4 Å². The van der Waals surface area contributed by atoms with Gasteiger partial charge in [-0.05, 0) is 25.0 Å².